The van der Waals surface area contributed by atoms with Crippen LogP contribution in [0.2, 0.25) is 0 Å². The largest absolute Gasteiger partial charge is 0.480 e. The maximum atomic E-state index is 12.9. The molecule has 0 aromatic carbocycles. The van der Waals surface area contributed by atoms with Crippen LogP contribution < -0.4 is 9.47 Å². The predicted molar refractivity (Wildman–Crippen MR) is 87.0 cm³/mol. The van der Waals surface area contributed by atoms with Gasteiger partial charge in [0.25, 0.3) is 0 Å². The van der Waals surface area contributed by atoms with Crippen molar-refractivity contribution >= 4 is 10.0 Å². The Kier molecular flexibility index (Phi) is 4.91. The van der Waals surface area contributed by atoms with Crippen LogP contribution in [0.15, 0.2) is 21.8 Å². The minimum absolute atomic E-state index is 0.134. The van der Waals surface area contributed by atoms with Crippen molar-refractivity contribution in [3.63, 3.8) is 0 Å². The molecular weight excluding hydrogens is 348 g/mol. The number of nitrogens with zero attached hydrogens (tertiary/aromatic N) is 4. The van der Waals surface area contributed by atoms with E-state index in [-0.39, 0.29) is 17.5 Å². The highest BCUT2D eigenvalue weighted by Crippen LogP contribution is 2.27. The lowest BCUT2D eigenvalue weighted by Crippen LogP contribution is -2.44. The van der Waals surface area contributed by atoms with Crippen molar-refractivity contribution in [3.8, 4) is 11.8 Å². The van der Waals surface area contributed by atoms with Gasteiger partial charge in [-0.25, -0.2) is 8.42 Å². The molecule has 0 radical (unpaired) electrons. The molecule has 0 aliphatic carbocycles. The van der Waals surface area contributed by atoms with Gasteiger partial charge in [-0.15, -0.1) is 0 Å². The van der Waals surface area contributed by atoms with Crippen LogP contribution in [0.5, 0.6) is 11.8 Å². The first-order valence-corrected chi connectivity index (χ1v) is 9.31. The first-order chi connectivity index (χ1) is 11.9. The predicted octanol–water partition coefficient (Wildman–Crippen LogP) is 1.32. The number of sulfonamides is 1. The molecule has 1 aliphatic rings. The fourth-order valence-corrected chi connectivity index (χ4v) is 4.65. The average Bonchev–Trinajstić information content (AvgIpc) is 2.94. The SMILES string of the molecule is COc1cncc(OC2CCCN(S(=O)(=O)c3c(C)noc3C)C2)n1. The maximum Gasteiger partial charge on any atom is 0.248 e. The molecule has 0 amide bonds. The molecule has 136 valence electrons. The molecule has 25 heavy (non-hydrogen) atoms. The van der Waals surface area contributed by atoms with E-state index >= 15 is 0 Å². The summed E-state index contributed by atoms with van der Waals surface area (Å²) in [5, 5.41) is 3.74. The molecule has 0 spiro atoms. The van der Waals surface area contributed by atoms with Crippen molar-refractivity contribution in [1.29, 1.82) is 0 Å². The Labute approximate surface area is 146 Å². The van der Waals surface area contributed by atoms with E-state index in [0.717, 1.165) is 6.42 Å². The number of piperidine rings is 1. The second kappa shape index (κ2) is 6.96. The van der Waals surface area contributed by atoms with E-state index < -0.39 is 10.0 Å². The topological polar surface area (TPSA) is 108 Å². The van der Waals surface area contributed by atoms with Crippen LogP contribution in [-0.4, -0.2) is 54.2 Å². The van der Waals surface area contributed by atoms with Crippen LogP contribution in [0.1, 0.15) is 24.3 Å². The standard InChI is InChI=1S/C15H20N4O5S/c1-10-15(11(2)24-18-10)25(20,21)19-6-4-5-12(9-19)23-14-8-16-7-13(17-14)22-3/h7-8,12H,4-6,9H2,1-3H3. The minimum atomic E-state index is -3.68. The Morgan fingerprint density at radius 2 is 2.04 bits per heavy atom. The molecule has 2 aromatic rings. The highest BCUT2D eigenvalue weighted by atomic mass is 32.2. The Morgan fingerprint density at radius 1 is 1.28 bits per heavy atom. The zero-order chi connectivity index (χ0) is 18.0. The Bertz CT molecular complexity index is 832. The van der Waals surface area contributed by atoms with Crippen molar-refractivity contribution in [3.05, 3.63) is 23.8 Å². The van der Waals surface area contributed by atoms with Gasteiger partial charge in [0.1, 0.15) is 16.7 Å². The van der Waals surface area contributed by atoms with Crippen molar-refractivity contribution in [2.45, 2.75) is 37.7 Å². The lowest BCUT2D eigenvalue weighted by atomic mass is 10.1. The van der Waals surface area contributed by atoms with E-state index in [2.05, 4.69) is 15.1 Å². The number of hydrogen-bond acceptors (Lipinski definition) is 8. The van der Waals surface area contributed by atoms with Gasteiger partial charge in [-0.3, -0.25) is 4.98 Å². The molecule has 1 unspecified atom stereocenters. The minimum Gasteiger partial charge on any atom is -0.480 e. The highest BCUT2D eigenvalue weighted by molar-refractivity contribution is 7.89. The van der Waals surface area contributed by atoms with Gasteiger partial charge in [-0.2, -0.15) is 9.29 Å². The van der Waals surface area contributed by atoms with E-state index in [4.69, 9.17) is 14.0 Å². The third kappa shape index (κ3) is 3.59. The van der Waals surface area contributed by atoms with Crippen LogP contribution in [0.4, 0.5) is 0 Å². The molecule has 3 rings (SSSR count). The quantitative estimate of drug-likeness (QED) is 0.778. The van der Waals surface area contributed by atoms with Crippen LogP contribution in [-0.2, 0) is 10.0 Å². The van der Waals surface area contributed by atoms with Crippen molar-refractivity contribution in [1.82, 2.24) is 19.4 Å². The number of methoxy groups -OCH3 is 1. The number of aromatic nitrogens is 3. The average molecular weight is 368 g/mol. The van der Waals surface area contributed by atoms with E-state index in [1.54, 1.807) is 13.8 Å². The third-order valence-electron chi connectivity index (χ3n) is 3.99. The van der Waals surface area contributed by atoms with Crippen molar-refractivity contribution in [2.24, 2.45) is 0 Å². The molecule has 1 aliphatic heterocycles. The van der Waals surface area contributed by atoms with Crippen LogP contribution in [0.25, 0.3) is 0 Å². The van der Waals surface area contributed by atoms with Gasteiger partial charge in [0.2, 0.25) is 21.8 Å². The van der Waals surface area contributed by atoms with Crippen molar-refractivity contribution in [2.75, 3.05) is 20.2 Å². The Balaban J connectivity index is 1.77. The highest BCUT2D eigenvalue weighted by Gasteiger charge is 2.35. The number of hydrogen-bond donors (Lipinski definition) is 0. The summed E-state index contributed by atoms with van der Waals surface area (Å²) in [6, 6.07) is 0. The van der Waals surface area contributed by atoms with Crippen LogP contribution in [0.3, 0.4) is 0 Å². The molecule has 3 heterocycles. The third-order valence-corrected chi connectivity index (χ3v) is 6.10. The van der Waals surface area contributed by atoms with E-state index in [1.165, 1.54) is 23.8 Å². The lowest BCUT2D eigenvalue weighted by Gasteiger charge is -2.31. The van der Waals surface area contributed by atoms with E-state index in [0.29, 0.717) is 36.2 Å². The van der Waals surface area contributed by atoms with Gasteiger partial charge in [0.05, 0.1) is 26.0 Å². The van der Waals surface area contributed by atoms with Gasteiger partial charge in [-0.1, -0.05) is 5.16 Å². The molecule has 1 saturated heterocycles. The summed E-state index contributed by atoms with van der Waals surface area (Å²) in [5.74, 6) is 0.939. The van der Waals surface area contributed by atoms with E-state index in [1.807, 2.05) is 0 Å². The molecule has 1 fully saturated rings. The first-order valence-electron chi connectivity index (χ1n) is 7.87. The summed E-state index contributed by atoms with van der Waals surface area (Å²) < 4.78 is 43.0. The van der Waals surface area contributed by atoms with Gasteiger partial charge >= 0.3 is 0 Å². The summed E-state index contributed by atoms with van der Waals surface area (Å²) in [5.41, 5.74) is 0.360. The maximum absolute atomic E-state index is 12.9. The van der Waals surface area contributed by atoms with Gasteiger partial charge in [0.15, 0.2) is 5.76 Å². The second-order valence-electron chi connectivity index (χ2n) is 5.80. The number of aryl methyl sites for hydroxylation is 2. The van der Waals surface area contributed by atoms with Gasteiger partial charge < -0.3 is 14.0 Å². The Hall–Kier alpha value is -2.20. The number of ether oxygens (including phenoxy) is 2. The lowest BCUT2D eigenvalue weighted by molar-refractivity contribution is 0.123. The summed E-state index contributed by atoms with van der Waals surface area (Å²) in [7, 11) is -2.19. The van der Waals surface area contributed by atoms with Crippen LogP contribution in [0, 0.1) is 13.8 Å². The molecule has 1 atom stereocenters. The molecule has 10 heteroatoms. The normalized spacial score (nSPS) is 18.9. The van der Waals surface area contributed by atoms with Crippen LogP contribution >= 0.6 is 0 Å². The Morgan fingerprint density at radius 3 is 2.72 bits per heavy atom. The van der Waals surface area contributed by atoms with Crippen molar-refractivity contribution < 1.29 is 22.4 Å². The molecule has 0 N–H and O–H groups in total. The fraction of sp³-hybridized carbons (Fsp3) is 0.533. The smallest absolute Gasteiger partial charge is 0.248 e. The molecular formula is C15H20N4O5S. The second-order valence-corrected chi connectivity index (χ2v) is 7.67. The first kappa shape index (κ1) is 17.6. The summed E-state index contributed by atoms with van der Waals surface area (Å²) in [6.45, 7) is 3.87. The monoisotopic (exact) mass is 368 g/mol. The summed E-state index contributed by atoms with van der Waals surface area (Å²) in [4.78, 5) is 8.27. The van der Waals surface area contributed by atoms with E-state index in [9.17, 15) is 8.42 Å². The van der Waals surface area contributed by atoms with Gasteiger partial charge in [-0.05, 0) is 26.7 Å². The fourth-order valence-electron chi connectivity index (χ4n) is 2.85. The van der Waals surface area contributed by atoms with Gasteiger partial charge in [0, 0.05) is 6.54 Å². The zero-order valence-electron chi connectivity index (χ0n) is 14.3. The zero-order valence-corrected chi connectivity index (χ0v) is 15.1. The molecule has 0 bridgehead atoms. The summed E-state index contributed by atoms with van der Waals surface area (Å²) in [6.07, 6.45) is 4.05. The number of rotatable bonds is 5. The summed E-state index contributed by atoms with van der Waals surface area (Å²) >= 11 is 0. The molecule has 2 aromatic heterocycles. The molecule has 0 saturated carbocycles. The molecule has 9 nitrogen and oxygen atoms in total.